The molecule has 100 valence electrons. The van der Waals surface area contributed by atoms with E-state index in [4.69, 9.17) is 12.2 Å². The van der Waals surface area contributed by atoms with E-state index in [0.29, 0.717) is 6.04 Å². The number of terminal acetylenes is 1. The van der Waals surface area contributed by atoms with Crippen LogP contribution in [0.5, 0.6) is 0 Å². The molecule has 0 amide bonds. The van der Waals surface area contributed by atoms with Crippen LogP contribution in [0.25, 0.3) is 0 Å². The Balaban J connectivity index is 3.05. The first-order valence-electron chi connectivity index (χ1n) is 7.50. The van der Waals surface area contributed by atoms with E-state index in [9.17, 15) is 0 Å². The molecule has 0 aromatic heterocycles. The van der Waals surface area contributed by atoms with E-state index in [-0.39, 0.29) is 0 Å². The van der Waals surface area contributed by atoms with E-state index in [1.165, 1.54) is 57.8 Å². The van der Waals surface area contributed by atoms with Crippen molar-refractivity contribution in [2.75, 3.05) is 0 Å². The molecule has 0 aliphatic rings. The lowest BCUT2D eigenvalue weighted by molar-refractivity contribution is 0.510. The predicted octanol–water partition coefficient (Wildman–Crippen LogP) is 4.65. The molecule has 0 heterocycles. The molecule has 0 rings (SSSR count). The first-order valence-corrected chi connectivity index (χ1v) is 7.50. The molecule has 0 saturated heterocycles. The van der Waals surface area contributed by atoms with E-state index in [2.05, 4.69) is 12.8 Å². The second kappa shape index (κ2) is 13.6. The largest absolute Gasteiger partial charge is 0.328 e. The van der Waals surface area contributed by atoms with Crippen molar-refractivity contribution in [2.24, 2.45) is 5.73 Å². The maximum absolute atomic E-state index is 5.96. The van der Waals surface area contributed by atoms with Crippen LogP contribution in [-0.2, 0) is 0 Å². The Kier molecular flexibility index (Phi) is 13.2. The number of hydrogen-bond acceptors (Lipinski definition) is 1. The standard InChI is InChI=1S/C16H31N/c1-3-5-7-8-9-10-11-12-13-15-16(17)14-6-4-2/h2,16H,3,5-15,17H2,1H3. The summed E-state index contributed by atoms with van der Waals surface area (Å²) in [6.45, 7) is 2.27. The van der Waals surface area contributed by atoms with Gasteiger partial charge < -0.3 is 5.73 Å². The number of hydrogen-bond donors (Lipinski definition) is 1. The van der Waals surface area contributed by atoms with Gasteiger partial charge in [-0.3, -0.25) is 0 Å². The van der Waals surface area contributed by atoms with Crippen molar-refractivity contribution in [3.05, 3.63) is 0 Å². The van der Waals surface area contributed by atoms with E-state index >= 15 is 0 Å². The van der Waals surface area contributed by atoms with Gasteiger partial charge in [0.1, 0.15) is 0 Å². The lowest BCUT2D eigenvalue weighted by Crippen LogP contribution is -2.19. The van der Waals surface area contributed by atoms with Crippen LogP contribution in [0.1, 0.15) is 84.0 Å². The Morgan fingerprint density at radius 3 is 1.94 bits per heavy atom. The van der Waals surface area contributed by atoms with Gasteiger partial charge in [0.15, 0.2) is 0 Å². The van der Waals surface area contributed by atoms with Crippen LogP contribution in [0.2, 0.25) is 0 Å². The Morgan fingerprint density at radius 2 is 1.41 bits per heavy atom. The molecule has 2 N–H and O–H groups in total. The molecule has 1 nitrogen and oxygen atoms in total. The molecule has 0 spiro atoms. The summed E-state index contributed by atoms with van der Waals surface area (Å²) in [5.41, 5.74) is 5.96. The van der Waals surface area contributed by atoms with Gasteiger partial charge in [0, 0.05) is 12.5 Å². The van der Waals surface area contributed by atoms with Crippen molar-refractivity contribution in [3.8, 4) is 12.3 Å². The third kappa shape index (κ3) is 13.5. The van der Waals surface area contributed by atoms with Crippen molar-refractivity contribution in [3.63, 3.8) is 0 Å². The van der Waals surface area contributed by atoms with Crippen LogP contribution < -0.4 is 5.73 Å². The number of nitrogens with two attached hydrogens (primary N) is 1. The van der Waals surface area contributed by atoms with Gasteiger partial charge in [0.25, 0.3) is 0 Å². The van der Waals surface area contributed by atoms with E-state index in [0.717, 1.165) is 19.3 Å². The highest BCUT2D eigenvalue weighted by molar-refractivity contribution is 4.84. The molecule has 0 aromatic carbocycles. The Morgan fingerprint density at radius 1 is 0.882 bits per heavy atom. The zero-order chi connectivity index (χ0) is 12.8. The molecule has 1 atom stereocenters. The molecular weight excluding hydrogens is 206 g/mol. The average molecular weight is 237 g/mol. The molecule has 17 heavy (non-hydrogen) atoms. The van der Waals surface area contributed by atoms with Crippen LogP contribution in [0, 0.1) is 12.3 Å². The van der Waals surface area contributed by atoms with Crippen molar-refractivity contribution in [2.45, 2.75) is 90.0 Å². The fourth-order valence-corrected chi connectivity index (χ4v) is 2.13. The molecular formula is C16H31N. The van der Waals surface area contributed by atoms with Gasteiger partial charge in [-0.1, -0.05) is 64.7 Å². The number of unbranched alkanes of at least 4 members (excludes halogenated alkanes) is 8. The maximum atomic E-state index is 5.96. The summed E-state index contributed by atoms with van der Waals surface area (Å²) in [7, 11) is 0. The normalized spacial score (nSPS) is 12.3. The smallest absolute Gasteiger partial charge is 0.0101 e. The van der Waals surface area contributed by atoms with Crippen molar-refractivity contribution in [1.82, 2.24) is 0 Å². The Labute approximate surface area is 109 Å². The summed E-state index contributed by atoms with van der Waals surface area (Å²) in [6.07, 6.45) is 20.6. The monoisotopic (exact) mass is 237 g/mol. The van der Waals surface area contributed by atoms with Crippen LogP contribution >= 0.6 is 0 Å². The summed E-state index contributed by atoms with van der Waals surface area (Å²) < 4.78 is 0. The SMILES string of the molecule is C#CCCC(N)CCCCCCCCCCC. The average Bonchev–Trinajstić information content (AvgIpc) is 2.34. The minimum absolute atomic E-state index is 0.329. The van der Waals surface area contributed by atoms with Gasteiger partial charge >= 0.3 is 0 Å². The molecule has 0 fully saturated rings. The van der Waals surface area contributed by atoms with Crippen molar-refractivity contribution < 1.29 is 0 Å². The van der Waals surface area contributed by atoms with Gasteiger partial charge in [-0.2, -0.15) is 0 Å². The fourth-order valence-electron chi connectivity index (χ4n) is 2.13. The zero-order valence-electron chi connectivity index (χ0n) is 11.7. The van der Waals surface area contributed by atoms with Gasteiger partial charge in [-0.15, -0.1) is 12.3 Å². The minimum atomic E-state index is 0.329. The van der Waals surface area contributed by atoms with Crippen LogP contribution in [0.3, 0.4) is 0 Å². The molecule has 1 unspecified atom stereocenters. The Hall–Kier alpha value is -0.480. The quantitative estimate of drug-likeness (QED) is 0.388. The molecule has 0 aliphatic heterocycles. The lowest BCUT2D eigenvalue weighted by Gasteiger charge is -2.09. The molecule has 0 bridgehead atoms. The van der Waals surface area contributed by atoms with Crippen LogP contribution in [-0.4, -0.2) is 6.04 Å². The van der Waals surface area contributed by atoms with Crippen LogP contribution in [0.4, 0.5) is 0 Å². The summed E-state index contributed by atoms with van der Waals surface area (Å²) in [6, 6.07) is 0.329. The minimum Gasteiger partial charge on any atom is -0.328 e. The van der Waals surface area contributed by atoms with Crippen molar-refractivity contribution in [1.29, 1.82) is 0 Å². The Bertz CT molecular complexity index is 180. The highest BCUT2D eigenvalue weighted by atomic mass is 14.6. The highest BCUT2D eigenvalue weighted by Crippen LogP contribution is 2.11. The molecule has 0 radical (unpaired) electrons. The third-order valence-corrected chi connectivity index (χ3v) is 3.34. The molecule has 0 saturated carbocycles. The summed E-state index contributed by atoms with van der Waals surface area (Å²) >= 11 is 0. The summed E-state index contributed by atoms with van der Waals surface area (Å²) in [5.74, 6) is 2.65. The van der Waals surface area contributed by atoms with E-state index in [1.54, 1.807) is 0 Å². The second-order valence-electron chi connectivity index (χ2n) is 5.12. The van der Waals surface area contributed by atoms with Gasteiger partial charge in [-0.25, -0.2) is 0 Å². The predicted molar refractivity (Wildman–Crippen MR) is 77.9 cm³/mol. The summed E-state index contributed by atoms with van der Waals surface area (Å²) in [4.78, 5) is 0. The van der Waals surface area contributed by atoms with Crippen LogP contribution in [0.15, 0.2) is 0 Å². The van der Waals surface area contributed by atoms with E-state index in [1.807, 2.05) is 0 Å². The highest BCUT2D eigenvalue weighted by Gasteiger charge is 2.00. The molecule has 0 aliphatic carbocycles. The first kappa shape index (κ1) is 16.5. The topological polar surface area (TPSA) is 26.0 Å². The molecule has 0 aromatic rings. The lowest BCUT2D eigenvalue weighted by atomic mass is 10.0. The third-order valence-electron chi connectivity index (χ3n) is 3.34. The van der Waals surface area contributed by atoms with E-state index < -0.39 is 0 Å². The van der Waals surface area contributed by atoms with Gasteiger partial charge in [0.2, 0.25) is 0 Å². The number of rotatable bonds is 12. The zero-order valence-corrected chi connectivity index (χ0v) is 11.7. The van der Waals surface area contributed by atoms with Gasteiger partial charge in [-0.05, 0) is 12.8 Å². The molecule has 1 heteroatoms. The maximum Gasteiger partial charge on any atom is 0.0101 e. The van der Waals surface area contributed by atoms with Gasteiger partial charge in [0.05, 0.1) is 0 Å². The van der Waals surface area contributed by atoms with Crippen molar-refractivity contribution >= 4 is 0 Å². The fraction of sp³-hybridized carbons (Fsp3) is 0.875. The first-order chi connectivity index (χ1) is 8.31. The summed E-state index contributed by atoms with van der Waals surface area (Å²) in [5, 5.41) is 0. The second-order valence-corrected chi connectivity index (χ2v) is 5.12.